The lowest BCUT2D eigenvalue weighted by atomic mass is 10.1. The number of esters is 1. The van der Waals surface area contributed by atoms with Gasteiger partial charge in [0, 0.05) is 24.2 Å². The van der Waals surface area contributed by atoms with Gasteiger partial charge in [-0.1, -0.05) is 30.3 Å². The van der Waals surface area contributed by atoms with Crippen molar-refractivity contribution in [3.05, 3.63) is 65.9 Å². The van der Waals surface area contributed by atoms with Crippen molar-refractivity contribution in [1.29, 1.82) is 0 Å². The van der Waals surface area contributed by atoms with Crippen LogP contribution in [0.3, 0.4) is 0 Å². The number of nitrogens with one attached hydrogen (secondary N) is 2. The fraction of sp³-hybridized carbons (Fsp3) is 0.261. The Kier molecular flexibility index (Phi) is 8.03. The van der Waals surface area contributed by atoms with Crippen LogP contribution in [0, 0.1) is 0 Å². The van der Waals surface area contributed by atoms with E-state index in [0.29, 0.717) is 5.69 Å². The molecule has 0 unspecified atom stereocenters. The molecule has 3 N–H and O–H groups in total. The van der Waals surface area contributed by atoms with E-state index in [-0.39, 0.29) is 41.2 Å². The molecule has 0 saturated heterocycles. The molecule has 1 atom stereocenters. The average molecular weight is 487 g/mol. The molecule has 180 valence electrons. The van der Waals surface area contributed by atoms with Crippen LogP contribution >= 0.6 is 0 Å². The zero-order chi connectivity index (χ0) is 24.7. The number of carbonyl (C=O) groups is 1. The van der Waals surface area contributed by atoms with Gasteiger partial charge >= 0.3 is 5.97 Å². The van der Waals surface area contributed by atoms with Crippen molar-refractivity contribution in [2.45, 2.75) is 17.9 Å². The van der Waals surface area contributed by atoms with Gasteiger partial charge in [-0.25, -0.2) is 18.2 Å². The van der Waals surface area contributed by atoms with Crippen molar-refractivity contribution in [2.24, 2.45) is 0 Å². The van der Waals surface area contributed by atoms with E-state index in [2.05, 4.69) is 20.6 Å². The highest BCUT2D eigenvalue weighted by molar-refractivity contribution is 7.90. The van der Waals surface area contributed by atoms with Gasteiger partial charge in [0.2, 0.25) is 5.95 Å². The molecular formula is C23H26N4O6S. The summed E-state index contributed by atoms with van der Waals surface area (Å²) in [4.78, 5) is 21.1. The number of aliphatic hydroxyl groups excluding tert-OH is 1. The lowest BCUT2D eigenvalue weighted by molar-refractivity contribution is 0.0526. The van der Waals surface area contributed by atoms with Crippen LogP contribution in [-0.4, -0.2) is 56.0 Å². The highest BCUT2D eigenvalue weighted by atomic mass is 32.2. The van der Waals surface area contributed by atoms with Gasteiger partial charge in [-0.15, -0.1) is 0 Å². The number of aromatic nitrogens is 2. The van der Waals surface area contributed by atoms with Gasteiger partial charge in [0.25, 0.3) is 0 Å². The number of nitrogens with zero attached hydrogens (tertiary/aromatic N) is 2. The van der Waals surface area contributed by atoms with Crippen LogP contribution in [0.2, 0.25) is 0 Å². The maximum atomic E-state index is 12.5. The second kappa shape index (κ2) is 10.9. The smallest absolute Gasteiger partial charge is 0.343 e. The average Bonchev–Trinajstić information content (AvgIpc) is 2.82. The van der Waals surface area contributed by atoms with Crippen LogP contribution in [0.1, 0.15) is 28.9 Å². The third-order valence-corrected chi connectivity index (χ3v) is 5.94. The highest BCUT2D eigenvalue weighted by Crippen LogP contribution is 2.29. The molecular weight excluding hydrogens is 460 g/mol. The lowest BCUT2D eigenvalue weighted by Crippen LogP contribution is -2.19. The van der Waals surface area contributed by atoms with Crippen LogP contribution in [0.25, 0.3) is 0 Å². The van der Waals surface area contributed by atoms with E-state index in [1.54, 1.807) is 13.0 Å². The molecule has 0 spiro atoms. The maximum Gasteiger partial charge on any atom is 0.343 e. The molecule has 0 aliphatic heterocycles. The van der Waals surface area contributed by atoms with Crippen LogP contribution < -0.4 is 15.4 Å². The van der Waals surface area contributed by atoms with Gasteiger partial charge < -0.3 is 25.2 Å². The number of carbonyl (C=O) groups excluding carboxylic acids is 1. The summed E-state index contributed by atoms with van der Waals surface area (Å²) in [6.07, 6.45) is 2.41. The Bertz CT molecular complexity index is 1250. The molecule has 3 aromatic rings. The van der Waals surface area contributed by atoms with Gasteiger partial charge in [0.1, 0.15) is 22.0 Å². The summed E-state index contributed by atoms with van der Waals surface area (Å²) in [5, 5.41) is 16.0. The van der Waals surface area contributed by atoms with Crippen LogP contribution in [-0.2, 0) is 14.6 Å². The topological polar surface area (TPSA) is 140 Å². The molecule has 0 bridgehead atoms. The minimum Gasteiger partial charge on any atom is -0.495 e. The molecule has 0 amide bonds. The number of rotatable bonds is 10. The predicted octanol–water partition coefficient (Wildman–Crippen LogP) is 2.95. The van der Waals surface area contributed by atoms with Crippen LogP contribution in [0.5, 0.6) is 5.75 Å². The van der Waals surface area contributed by atoms with E-state index >= 15 is 0 Å². The largest absolute Gasteiger partial charge is 0.495 e. The Labute approximate surface area is 197 Å². The molecule has 3 rings (SSSR count). The molecule has 1 heterocycles. The molecule has 34 heavy (non-hydrogen) atoms. The summed E-state index contributed by atoms with van der Waals surface area (Å²) in [6, 6.07) is 13.2. The number of methoxy groups -OCH3 is 1. The third kappa shape index (κ3) is 6.00. The Morgan fingerprint density at radius 1 is 1.18 bits per heavy atom. The van der Waals surface area contributed by atoms with E-state index in [4.69, 9.17) is 9.47 Å². The molecule has 0 saturated carbocycles. The van der Waals surface area contributed by atoms with E-state index < -0.39 is 21.8 Å². The number of ether oxygens (including phenoxy) is 2. The summed E-state index contributed by atoms with van der Waals surface area (Å²) in [5.74, 6) is -0.146. The fourth-order valence-electron chi connectivity index (χ4n) is 3.18. The Balaban J connectivity index is 1.96. The first-order chi connectivity index (χ1) is 16.3. The molecule has 0 fully saturated rings. The standard InChI is InChI=1S/C23H26N4O6S/c1-4-33-22(29)17-13-24-23(25-16-10-11-20(34(3,30)31)19(12-16)32-2)27-21(17)26-18(14-28)15-8-6-5-7-9-15/h5-13,18,28H,4,14H2,1-3H3,(H2,24,25,26,27)/t18-/m1/s1. The summed E-state index contributed by atoms with van der Waals surface area (Å²) in [5.41, 5.74) is 1.38. The molecule has 2 aromatic carbocycles. The summed E-state index contributed by atoms with van der Waals surface area (Å²) in [7, 11) is -2.10. The van der Waals surface area contributed by atoms with Crippen molar-refractivity contribution < 1.29 is 27.8 Å². The lowest BCUT2D eigenvalue weighted by Gasteiger charge is -2.19. The van der Waals surface area contributed by atoms with E-state index in [9.17, 15) is 18.3 Å². The van der Waals surface area contributed by atoms with Crippen molar-refractivity contribution in [3.63, 3.8) is 0 Å². The van der Waals surface area contributed by atoms with Gasteiger partial charge in [-0.2, -0.15) is 4.98 Å². The maximum absolute atomic E-state index is 12.5. The second-order valence-electron chi connectivity index (χ2n) is 7.23. The first-order valence-electron chi connectivity index (χ1n) is 10.4. The first-order valence-corrected chi connectivity index (χ1v) is 12.3. The fourth-order valence-corrected chi connectivity index (χ4v) is 4.00. The quantitative estimate of drug-likeness (QED) is 0.366. The number of benzene rings is 2. The molecule has 11 heteroatoms. The van der Waals surface area contributed by atoms with E-state index in [1.165, 1.54) is 25.4 Å². The highest BCUT2D eigenvalue weighted by Gasteiger charge is 2.20. The normalized spacial score (nSPS) is 12.0. The van der Waals surface area contributed by atoms with Crippen LogP contribution in [0.15, 0.2) is 59.6 Å². The number of hydrogen-bond acceptors (Lipinski definition) is 10. The van der Waals surface area contributed by atoms with Crippen molar-refractivity contribution in [3.8, 4) is 5.75 Å². The number of anilines is 3. The Hall–Kier alpha value is -3.70. The Morgan fingerprint density at radius 3 is 2.53 bits per heavy atom. The molecule has 10 nitrogen and oxygen atoms in total. The van der Waals surface area contributed by atoms with Gasteiger partial charge in [0.15, 0.2) is 9.84 Å². The number of sulfone groups is 1. The SMILES string of the molecule is CCOC(=O)c1cnc(Nc2ccc(S(C)(=O)=O)c(OC)c2)nc1N[C@H](CO)c1ccccc1. The second-order valence-corrected chi connectivity index (χ2v) is 9.21. The van der Waals surface area contributed by atoms with Crippen molar-refractivity contribution >= 4 is 33.3 Å². The van der Waals surface area contributed by atoms with Gasteiger partial charge in [0.05, 0.1) is 26.4 Å². The summed E-state index contributed by atoms with van der Waals surface area (Å²) < 4.78 is 34.2. The van der Waals surface area contributed by atoms with Crippen LogP contribution in [0.4, 0.5) is 17.5 Å². The monoisotopic (exact) mass is 486 g/mol. The van der Waals surface area contributed by atoms with Crippen molar-refractivity contribution in [2.75, 3.05) is 37.2 Å². The molecule has 1 aromatic heterocycles. The Morgan fingerprint density at radius 2 is 1.91 bits per heavy atom. The number of hydrogen-bond donors (Lipinski definition) is 3. The minimum atomic E-state index is -3.47. The van der Waals surface area contributed by atoms with E-state index in [0.717, 1.165) is 11.8 Å². The minimum absolute atomic E-state index is 0.0510. The number of aliphatic hydroxyl groups is 1. The molecule has 0 aliphatic rings. The molecule has 0 aliphatic carbocycles. The van der Waals surface area contributed by atoms with E-state index in [1.807, 2.05) is 30.3 Å². The first kappa shape index (κ1) is 24.9. The van der Waals surface area contributed by atoms with Gasteiger partial charge in [-0.3, -0.25) is 0 Å². The third-order valence-electron chi connectivity index (χ3n) is 4.80. The molecule has 0 radical (unpaired) electrons. The van der Waals surface area contributed by atoms with Gasteiger partial charge in [-0.05, 0) is 24.6 Å². The predicted molar refractivity (Wildman–Crippen MR) is 127 cm³/mol. The summed E-state index contributed by atoms with van der Waals surface area (Å²) in [6.45, 7) is 1.62. The zero-order valence-electron chi connectivity index (χ0n) is 19.0. The summed E-state index contributed by atoms with van der Waals surface area (Å²) >= 11 is 0. The van der Waals surface area contributed by atoms with Crippen molar-refractivity contribution in [1.82, 2.24) is 9.97 Å². The zero-order valence-corrected chi connectivity index (χ0v) is 19.8.